The lowest BCUT2D eigenvalue weighted by atomic mass is 9.72. The van der Waals surface area contributed by atoms with Crippen molar-refractivity contribution < 1.29 is 53.0 Å². The van der Waals surface area contributed by atoms with Gasteiger partial charge in [-0.25, -0.2) is 28.1 Å². The number of carbonyl (C=O) groups is 4. The molecule has 3 aliphatic rings. The number of aromatic carboxylic acids is 1. The molecule has 20 heteroatoms. The number of aromatic hydroxyl groups is 2. The highest BCUT2D eigenvalue weighted by Gasteiger charge is 2.43. The predicted octanol–water partition coefficient (Wildman–Crippen LogP) is 1.81. The molecule has 2 saturated heterocycles. The van der Waals surface area contributed by atoms with Crippen molar-refractivity contribution in [3.8, 4) is 17.2 Å². The third-order valence-electron chi connectivity index (χ3n) is 9.12. The number of fused-ring (bicyclic) bond motifs is 1. The number of aromatic nitrogens is 2. The van der Waals surface area contributed by atoms with E-state index in [0.29, 0.717) is 38.5 Å². The molecule has 1 aromatic heterocycles. The summed E-state index contributed by atoms with van der Waals surface area (Å²) >= 11 is 6.20. The van der Waals surface area contributed by atoms with Gasteiger partial charge in [-0.1, -0.05) is 17.7 Å². The lowest BCUT2D eigenvalue weighted by Gasteiger charge is -2.36. The van der Waals surface area contributed by atoms with E-state index in [1.54, 1.807) is 17.3 Å². The Kier molecular flexibility index (Phi) is 10.1. The number of hydrogen-bond donors (Lipinski definition) is 6. The zero-order chi connectivity index (χ0) is 36.6. The van der Waals surface area contributed by atoms with Gasteiger partial charge in [-0.2, -0.15) is 10.2 Å². The number of phenols is 2. The van der Waals surface area contributed by atoms with Gasteiger partial charge in [-0.15, -0.1) is 0 Å². The number of carbonyl (C=O) groups excluding carboxylic acids is 3. The van der Waals surface area contributed by atoms with E-state index in [0.717, 1.165) is 16.5 Å². The molecule has 6 rings (SSSR count). The molecule has 0 aliphatic carbocycles. The van der Waals surface area contributed by atoms with E-state index >= 15 is 0 Å². The van der Waals surface area contributed by atoms with Gasteiger partial charge < -0.3 is 40.5 Å². The molecule has 6 N–H and O–H groups in total. The van der Waals surface area contributed by atoms with Gasteiger partial charge >= 0.3 is 25.1 Å². The minimum atomic E-state index is -1.91. The molecule has 4 heterocycles. The largest absolute Gasteiger partial charge is 0.547 e. The van der Waals surface area contributed by atoms with Gasteiger partial charge in [0, 0.05) is 50.5 Å². The third kappa shape index (κ3) is 7.17. The summed E-state index contributed by atoms with van der Waals surface area (Å²) < 4.78 is 34.1. The van der Waals surface area contributed by atoms with E-state index in [-0.39, 0.29) is 31.1 Å². The second-order valence-corrected chi connectivity index (χ2v) is 12.6. The number of halogens is 3. The normalized spacial score (nSPS) is 18.6. The van der Waals surface area contributed by atoms with Gasteiger partial charge in [-0.05, 0) is 48.6 Å². The van der Waals surface area contributed by atoms with Crippen molar-refractivity contribution in [1.82, 2.24) is 35.5 Å². The summed E-state index contributed by atoms with van der Waals surface area (Å²) in [5.74, 6) is -9.34. The maximum absolute atomic E-state index is 14.6. The Bertz CT molecular complexity index is 1870. The molecule has 5 amide bonds. The summed E-state index contributed by atoms with van der Waals surface area (Å²) in [6.07, 6.45) is 4.32. The summed E-state index contributed by atoms with van der Waals surface area (Å²) in [5, 5.41) is 51.9. The van der Waals surface area contributed by atoms with Gasteiger partial charge in [0.1, 0.15) is 23.2 Å². The lowest BCUT2D eigenvalue weighted by molar-refractivity contribution is -0.123. The number of hydrogen-bond acceptors (Lipinski definition) is 11. The first-order valence-electron chi connectivity index (χ1n) is 15.8. The Hall–Kier alpha value is -5.27. The minimum Gasteiger partial charge on any atom is -0.534 e. The molecule has 2 fully saturated rings. The van der Waals surface area contributed by atoms with Crippen LogP contribution < -0.4 is 15.3 Å². The van der Waals surface area contributed by atoms with Crippen LogP contribution in [0.25, 0.3) is 0 Å². The number of nitrogens with one attached hydrogen (secondary N) is 2. The molecular weight excluding hydrogens is 699 g/mol. The Balaban J connectivity index is 1.17. The van der Waals surface area contributed by atoms with E-state index in [2.05, 4.69) is 25.7 Å². The smallest absolute Gasteiger partial charge is 0.534 e. The summed E-state index contributed by atoms with van der Waals surface area (Å²) in [5.41, 5.74) is -0.195. The summed E-state index contributed by atoms with van der Waals surface area (Å²) in [7, 11) is -1.90. The fraction of sp³-hybridized carbons (Fsp3) is 0.355. The van der Waals surface area contributed by atoms with Crippen LogP contribution in [0.5, 0.6) is 17.2 Å². The minimum absolute atomic E-state index is 0.0424. The van der Waals surface area contributed by atoms with Crippen LogP contribution in [0.3, 0.4) is 0 Å². The van der Waals surface area contributed by atoms with Crippen LogP contribution in [0.1, 0.15) is 45.9 Å². The van der Waals surface area contributed by atoms with Crippen LogP contribution in [-0.2, 0) is 17.8 Å². The molecule has 2 aromatic carbocycles. The number of amides is 5. The number of phenolic OH excluding ortho intramolecular Hbond substituents is 2. The van der Waals surface area contributed by atoms with Gasteiger partial charge in [0.15, 0.2) is 17.3 Å². The zero-order valence-corrected chi connectivity index (χ0v) is 27.4. The highest BCUT2D eigenvalue weighted by molar-refractivity contribution is 6.47. The molecule has 2 unspecified atom stereocenters. The quantitative estimate of drug-likeness (QED) is 0.145. The first-order chi connectivity index (χ1) is 24.3. The summed E-state index contributed by atoms with van der Waals surface area (Å²) in [6, 6.07) is 0.828. The molecule has 268 valence electrons. The SMILES string of the molecule is O=C(O)c1c(F)ccc2c1OB(O)C(NC(=O)C(NC(=O)N1CCN(C3CCN(Cc4ccnnc4)CC3)C1=O)c1cc(F)c(O)c(O)c1Cl)C2. The van der Waals surface area contributed by atoms with E-state index in [9.17, 15) is 48.3 Å². The number of urea groups is 2. The summed E-state index contributed by atoms with van der Waals surface area (Å²) in [4.78, 5) is 57.1. The fourth-order valence-corrected chi connectivity index (χ4v) is 6.74. The highest BCUT2D eigenvalue weighted by atomic mass is 35.5. The molecule has 0 radical (unpaired) electrons. The number of piperidine rings is 1. The Morgan fingerprint density at radius 2 is 1.80 bits per heavy atom. The average molecular weight is 730 g/mol. The fourth-order valence-electron chi connectivity index (χ4n) is 6.48. The molecule has 16 nitrogen and oxygen atoms in total. The van der Waals surface area contributed by atoms with Crippen LogP contribution in [-0.4, -0.2) is 114 Å². The number of likely N-dealkylation sites (tertiary alicyclic amines) is 1. The Morgan fingerprint density at radius 3 is 2.49 bits per heavy atom. The number of nitrogens with zero attached hydrogens (tertiary/aromatic N) is 5. The second kappa shape index (κ2) is 14.5. The van der Waals surface area contributed by atoms with Crippen molar-refractivity contribution in [3.05, 3.63) is 75.6 Å². The standard InChI is InChI=1S/C31H31BClF2N7O9/c33-23-18(12-20(35)25(43)26(23)44)24(28(45)38-21-11-16-1-2-19(34)22(29(46)47)27(16)51-32(21)50)39-30(48)42-10-9-41(31(42)49)17-4-7-40(8-5-17)14-15-3-6-36-37-13-15/h1-3,6,12-13,17,21,24,43-44,50H,4-5,7-11,14H2,(H,38,45)(H,39,48)(H,46,47). The third-order valence-corrected chi connectivity index (χ3v) is 9.52. The van der Waals surface area contributed by atoms with Crippen molar-refractivity contribution in [2.75, 3.05) is 26.2 Å². The van der Waals surface area contributed by atoms with Crippen molar-refractivity contribution >= 4 is 42.7 Å². The molecule has 3 aromatic rings. The number of benzene rings is 2. The van der Waals surface area contributed by atoms with E-state index in [1.807, 2.05) is 6.07 Å². The number of imide groups is 1. The van der Waals surface area contributed by atoms with E-state index in [1.165, 1.54) is 6.07 Å². The molecule has 0 saturated carbocycles. The predicted molar refractivity (Wildman–Crippen MR) is 173 cm³/mol. The van der Waals surface area contributed by atoms with Gasteiger partial charge in [0.05, 0.1) is 17.2 Å². The van der Waals surface area contributed by atoms with E-state index < -0.39 is 88.1 Å². The molecule has 0 bridgehead atoms. The van der Waals surface area contributed by atoms with Crippen LogP contribution >= 0.6 is 11.6 Å². The van der Waals surface area contributed by atoms with Gasteiger partial charge in [0.2, 0.25) is 5.91 Å². The first kappa shape index (κ1) is 35.6. The van der Waals surface area contributed by atoms with Gasteiger partial charge in [-0.3, -0.25) is 9.69 Å². The number of rotatable bonds is 8. The molecule has 3 aliphatic heterocycles. The maximum Gasteiger partial charge on any atom is 0.547 e. The van der Waals surface area contributed by atoms with Crippen molar-refractivity contribution in [1.29, 1.82) is 0 Å². The number of carboxylic acid groups (broad SMARTS) is 1. The second-order valence-electron chi connectivity index (χ2n) is 12.3. The average Bonchev–Trinajstić information content (AvgIpc) is 3.50. The molecular formula is C31H31BClF2N7O9. The van der Waals surface area contributed by atoms with Crippen LogP contribution in [0.15, 0.2) is 36.7 Å². The van der Waals surface area contributed by atoms with Gasteiger partial charge in [0.25, 0.3) is 0 Å². The van der Waals surface area contributed by atoms with Crippen LogP contribution in [0.2, 0.25) is 5.02 Å². The maximum atomic E-state index is 14.6. The molecule has 0 spiro atoms. The Labute approximate surface area is 293 Å². The number of carboxylic acids is 1. The summed E-state index contributed by atoms with van der Waals surface area (Å²) in [6.45, 7) is 2.21. The van der Waals surface area contributed by atoms with Crippen molar-refractivity contribution in [3.63, 3.8) is 0 Å². The van der Waals surface area contributed by atoms with Crippen LogP contribution in [0.4, 0.5) is 18.4 Å². The molecule has 2 atom stereocenters. The van der Waals surface area contributed by atoms with Crippen molar-refractivity contribution in [2.45, 2.75) is 43.8 Å². The van der Waals surface area contributed by atoms with Crippen LogP contribution in [0, 0.1) is 11.6 Å². The zero-order valence-electron chi connectivity index (χ0n) is 26.6. The van der Waals surface area contributed by atoms with E-state index in [4.69, 9.17) is 16.3 Å². The Morgan fingerprint density at radius 1 is 1.06 bits per heavy atom. The topological polar surface area (TPSA) is 218 Å². The van der Waals surface area contributed by atoms with Crippen molar-refractivity contribution in [2.24, 2.45) is 0 Å². The lowest BCUT2D eigenvalue weighted by Crippen LogP contribution is -2.56. The highest BCUT2D eigenvalue weighted by Crippen LogP contribution is 2.41. The molecule has 51 heavy (non-hydrogen) atoms. The monoisotopic (exact) mass is 729 g/mol. The first-order valence-corrected chi connectivity index (χ1v) is 16.2.